The summed E-state index contributed by atoms with van der Waals surface area (Å²) in [7, 11) is 6.28. The van der Waals surface area contributed by atoms with E-state index in [9.17, 15) is 4.79 Å². The summed E-state index contributed by atoms with van der Waals surface area (Å²) >= 11 is 0. The van der Waals surface area contributed by atoms with Crippen molar-refractivity contribution in [2.45, 2.75) is 44.6 Å². The molecule has 0 bridgehead atoms. The molecule has 1 heterocycles. The number of carbonyl (C=O) groups excluding carboxylic acids is 1. The van der Waals surface area contributed by atoms with Crippen LogP contribution in [0.15, 0.2) is 48.7 Å². The van der Waals surface area contributed by atoms with Crippen LogP contribution in [0.25, 0.3) is 22.0 Å². The highest BCUT2D eigenvalue weighted by atomic mass is 16.1. The van der Waals surface area contributed by atoms with Crippen LogP contribution in [0, 0.1) is 0 Å². The fraction of sp³-hybridized carbons (Fsp3) is 0.444. The molecule has 1 amide bonds. The zero-order valence-corrected chi connectivity index (χ0v) is 19.7. The fourth-order valence-electron chi connectivity index (χ4n) is 4.78. The van der Waals surface area contributed by atoms with Crippen molar-refractivity contribution in [1.29, 1.82) is 0 Å². The molecular weight excluding hydrogens is 396 g/mol. The molecule has 1 saturated carbocycles. The second-order valence-electron chi connectivity index (χ2n) is 9.31. The van der Waals surface area contributed by atoms with Crippen LogP contribution >= 0.6 is 0 Å². The average molecular weight is 433 g/mol. The van der Waals surface area contributed by atoms with Crippen LogP contribution in [0.2, 0.25) is 0 Å². The number of aromatic amines is 1. The quantitative estimate of drug-likeness (QED) is 0.536. The molecule has 32 heavy (non-hydrogen) atoms. The summed E-state index contributed by atoms with van der Waals surface area (Å²) in [5, 5.41) is 4.23. The molecule has 0 radical (unpaired) electrons. The highest BCUT2D eigenvalue weighted by molar-refractivity contribution is 5.91. The van der Waals surface area contributed by atoms with Crippen molar-refractivity contribution in [2.24, 2.45) is 0 Å². The van der Waals surface area contributed by atoms with Crippen molar-refractivity contribution in [3.63, 3.8) is 0 Å². The maximum absolute atomic E-state index is 12.5. The van der Waals surface area contributed by atoms with Crippen LogP contribution < -0.4 is 10.2 Å². The lowest BCUT2D eigenvalue weighted by Gasteiger charge is -2.31. The average Bonchev–Trinajstić information content (AvgIpc) is 3.21. The molecule has 170 valence electrons. The molecule has 0 unspecified atom stereocenters. The molecule has 5 heteroatoms. The standard InChI is InChI=1S/C27H36N4O/c1-30(2)23-12-9-20(10-13-23)21-11-14-25-22(19-29-26(25)17-21)18-27(32)28-15-16-31(3)24-7-5-4-6-8-24/h9-14,17,19,24,29H,4-8,15-16,18H2,1-3H3,(H,28,32). The number of nitrogens with zero attached hydrogens (tertiary/aromatic N) is 2. The van der Waals surface area contributed by atoms with Gasteiger partial charge in [-0.2, -0.15) is 0 Å². The van der Waals surface area contributed by atoms with E-state index in [0.717, 1.165) is 23.0 Å². The Kier molecular flexibility index (Phi) is 7.15. The number of rotatable bonds is 8. The van der Waals surface area contributed by atoms with Gasteiger partial charge in [0, 0.05) is 56.0 Å². The molecule has 1 aliphatic rings. The number of hydrogen-bond acceptors (Lipinski definition) is 3. The van der Waals surface area contributed by atoms with E-state index in [1.165, 1.54) is 48.9 Å². The Morgan fingerprint density at radius 1 is 1.00 bits per heavy atom. The molecular formula is C27H36N4O. The van der Waals surface area contributed by atoms with Crippen LogP contribution in [-0.2, 0) is 11.2 Å². The Bertz CT molecular complexity index is 1030. The summed E-state index contributed by atoms with van der Waals surface area (Å²) in [5.74, 6) is 0.0892. The highest BCUT2D eigenvalue weighted by Crippen LogP contribution is 2.27. The highest BCUT2D eigenvalue weighted by Gasteiger charge is 2.17. The van der Waals surface area contributed by atoms with E-state index in [0.29, 0.717) is 19.0 Å². The molecule has 0 saturated heterocycles. The minimum Gasteiger partial charge on any atom is -0.378 e. The van der Waals surface area contributed by atoms with E-state index in [4.69, 9.17) is 0 Å². The van der Waals surface area contributed by atoms with Gasteiger partial charge in [0.1, 0.15) is 0 Å². The number of hydrogen-bond donors (Lipinski definition) is 2. The van der Waals surface area contributed by atoms with Crippen LogP contribution in [0.3, 0.4) is 0 Å². The van der Waals surface area contributed by atoms with Crippen LogP contribution in [0.4, 0.5) is 5.69 Å². The van der Waals surface area contributed by atoms with E-state index >= 15 is 0 Å². The number of fused-ring (bicyclic) bond motifs is 1. The van der Waals surface area contributed by atoms with Crippen molar-refractivity contribution in [2.75, 3.05) is 39.1 Å². The van der Waals surface area contributed by atoms with Gasteiger partial charge < -0.3 is 20.1 Å². The predicted molar refractivity (Wildman–Crippen MR) is 134 cm³/mol. The molecule has 4 rings (SSSR count). The number of amides is 1. The van der Waals surface area contributed by atoms with Crippen molar-refractivity contribution >= 4 is 22.5 Å². The number of likely N-dealkylation sites (N-methyl/N-ethyl adjacent to an activating group) is 1. The Hall–Kier alpha value is -2.79. The largest absolute Gasteiger partial charge is 0.378 e. The third kappa shape index (κ3) is 5.33. The molecule has 0 atom stereocenters. The van der Waals surface area contributed by atoms with Gasteiger partial charge in [-0.1, -0.05) is 43.5 Å². The van der Waals surface area contributed by atoms with Gasteiger partial charge in [0.15, 0.2) is 0 Å². The minimum atomic E-state index is 0.0892. The summed E-state index contributed by atoms with van der Waals surface area (Å²) in [5.41, 5.74) is 5.67. The number of anilines is 1. The van der Waals surface area contributed by atoms with E-state index in [1.54, 1.807) is 0 Å². The number of benzene rings is 2. The van der Waals surface area contributed by atoms with Gasteiger partial charge in [-0.25, -0.2) is 0 Å². The smallest absolute Gasteiger partial charge is 0.224 e. The van der Waals surface area contributed by atoms with Gasteiger partial charge in [-0.05, 0) is 54.8 Å². The molecule has 2 aromatic carbocycles. The molecule has 1 aromatic heterocycles. The summed E-state index contributed by atoms with van der Waals surface area (Å²) < 4.78 is 0. The van der Waals surface area contributed by atoms with Crippen molar-refractivity contribution in [3.8, 4) is 11.1 Å². The second kappa shape index (κ2) is 10.2. The zero-order chi connectivity index (χ0) is 22.5. The Morgan fingerprint density at radius 2 is 1.72 bits per heavy atom. The van der Waals surface area contributed by atoms with Gasteiger partial charge in [0.05, 0.1) is 6.42 Å². The molecule has 1 aliphatic carbocycles. The van der Waals surface area contributed by atoms with Crippen molar-refractivity contribution < 1.29 is 4.79 Å². The number of aromatic nitrogens is 1. The Balaban J connectivity index is 1.34. The van der Waals surface area contributed by atoms with E-state index in [2.05, 4.69) is 69.6 Å². The lowest BCUT2D eigenvalue weighted by molar-refractivity contribution is -0.120. The Morgan fingerprint density at radius 3 is 2.44 bits per heavy atom. The first kappa shape index (κ1) is 22.4. The second-order valence-corrected chi connectivity index (χ2v) is 9.31. The van der Waals surface area contributed by atoms with E-state index < -0.39 is 0 Å². The lowest BCUT2D eigenvalue weighted by atomic mass is 9.94. The first-order valence-electron chi connectivity index (χ1n) is 11.9. The third-order valence-corrected chi connectivity index (χ3v) is 6.82. The maximum Gasteiger partial charge on any atom is 0.224 e. The van der Waals surface area contributed by atoms with Gasteiger partial charge in [0.2, 0.25) is 5.91 Å². The third-order valence-electron chi connectivity index (χ3n) is 6.82. The molecule has 5 nitrogen and oxygen atoms in total. The topological polar surface area (TPSA) is 51.4 Å². The van der Waals surface area contributed by atoms with Gasteiger partial charge >= 0.3 is 0 Å². The normalized spacial score (nSPS) is 14.8. The first-order chi connectivity index (χ1) is 15.5. The minimum absolute atomic E-state index is 0.0892. The number of nitrogens with one attached hydrogen (secondary N) is 2. The molecule has 0 aliphatic heterocycles. The van der Waals surface area contributed by atoms with Crippen LogP contribution in [-0.4, -0.2) is 56.1 Å². The van der Waals surface area contributed by atoms with Gasteiger partial charge in [-0.3, -0.25) is 4.79 Å². The van der Waals surface area contributed by atoms with E-state index in [1.807, 2.05) is 20.3 Å². The summed E-state index contributed by atoms with van der Waals surface area (Å²) in [6.45, 7) is 1.63. The van der Waals surface area contributed by atoms with Gasteiger partial charge in [-0.15, -0.1) is 0 Å². The predicted octanol–water partition coefficient (Wildman–Crippen LogP) is 4.82. The first-order valence-corrected chi connectivity index (χ1v) is 11.9. The summed E-state index contributed by atoms with van der Waals surface area (Å²) in [4.78, 5) is 20.4. The molecule has 1 fully saturated rings. The summed E-state index contributed by atoms with van der Waals surface area (Å²) in [6.07, 6.45) is 9.01. The van der Waals surface area contributed by atoms with Gasteiger partial charge in [0.25, 0.3) is 0 Å². The maximum atomic E-state index is 12.5. The molecule has 3 aromatic rings. The lowest BCUT2D eigenvalue weighted by Crippen LogP contribution is -2.39. The zero-order valence-electron chi connectivity index (χ0n) is 19.7. The van der Waals surface area contributed by atoms with E-state index in [-0.39, 0.29) is 5.91 Å². The monoisotopic (exact) mass is 432 g/mol. The Labute approximate surface area is 191 Å². The molecule has 2 N–H and O–H groups in total. The summed E-state index contributed by atoms with van der Waals surface area (Å²) in [6, 6.07) is 15.7. The van der Waals surface area contributed by atoms with Crippen LogP contribution in [0.5, 0.6) is 0 Å². The fourth-order valence-corrected chi connectivity index (χ4v) is 4.78. The van der Waals surface area contributed by atoms with Crippen molar-refractivity contribution in [1.82, 2.24) is 15.2 Å². The molecule has 0 spiro atoms. The SMILES string of the molecule is CN(C)c1ccc(-c2ccc3c(CC(=O)NCCN(C)C4CCCCC4)c[nH]c3c2)cc1. The number of carbonyl (C=O) groups is 1. The van der Waals surface area contributed by atoms with Crippen molar-refractivity contribution in [3.05, 3.63) is 54.2 Å². The van der Waals surface area contributed by atoms with Crippen LogP contribution in [0.1, 0.15) is 37.7 Å². The number of H-pyrrole nitrogens is 1.